The van der Waals surface area contributed by atoms with E-state index in [1.165, 1.54) is 0 Å². The SMILES string of the molecule is CC(CC#N)NNc1ccncc1. The molecule has 0 fully saturated rings. The summed E-state index contributed by atoms with van der Waals surface area (Å²) in [4.78, 5) is 3.89. The Hall–Kier alpha value is -1.60. The van der Waals surface area contributed by atoms with Crippen molar-refractivity contribution in [2.24, 2.45) is 0 Å². The number of aromatic nitrogens is 1. The quantitative estimate of drug-likeness (QED) is 0.679. The van der Waals surface area contributed by atoms with Crippen molar-refractivity contribution in [2.75, 3.05) is 5.43 Å². The summed E-state index contributed by atoms with van der Waals surface area (Å²) in [6.07, 6.45) is 3.90. The molecule has 0 amide bonds. The van der Waals surface area contributed by atoms with Gasteiger partial charge in [-0.1, -0.05) is 0 Å². The summed E-state index contributed by atoms with van der Waals surface area (Å²) in [6, 6.07) is 5.93. The number of pyridine rings is 1. The second-order valence-corrected chi connectivity index (χ2v) is 2.77. The molecule has 0 saturated carbocycles. The third-order valence-electron chi connectivity index (χ3n) is 1.54. The summed E-state index contributed by atoms with van der Waals surface area (Å²) in [5, 5.41) is 8.41. The van der Waals surface area contributed by atoms with Gasteiger partial charge in [-0.2, -0.15) is 5.26 Å². The summed E-state index contributed by atoms with van der Waals surface area (Å²) < 4.78 is 0. The maximum Gasteiger partial charge on any atom is 0.0638 e. The molecule has 68 valence electrons. The average molecular weight is 176 g/mol. The van der Waals surface area contributed by atoms with Gasteiger partial charge in [0.25, 0.3) is 0 Å². The van der Waals surface area contributed by atoms with Crippen molar-refractivity contribution in [3.05, 3.63) is 24.5 Å². The lowest BCUT2D eigenvalue weighted by atomic mass is 10.3. The smallest absolute Gasteiger partial charge is 0.0638 e. The molecule has 13 heavy (non-hydrogen) atoms. The Bertz CT molecular complexity index is 277. The highest BCUT2D eigenvalue weighted by molar-refractivity contribution is 5.39. The molecule has 0 aliphatic carbocycles. The van der Waals surface area contributed by atoms with E-state index in [9.17, 15) is 0 Å². The second kappa shape index (κ2) is 5.12. The molecule has 0 spiro atoms. The molecule has 1 aromatic heterocycles. The van der Waals surface area contributed by atoms with Gasteiger partial charge in [0, 0.05) is 18.4 Å². The van der Waals surface area contributed by atoms with E-state index in [0.717, 1.165) is 5.69 Å². The fraction of sp³-hybridized carbons (Fsp3) is 0.333. The molecule has 0 aromatic carbocycles. The molecule has 0 bridgehead atoms. The first-order valence-electron chi connectivity index (χ1n) is 4.11. The van der Waals surface area contributed by atoms with Crippen molar-refractivity contribution < 1.29 is 0 Å². The Morgan fingerprint density at radius 3 is 2.85 bits per heavy atom. The number of hydrogen-bond donors (Lipinski definition) is 2. The zero-order valence-electron chi connectivity index (χ0n) is 7.49. The van der Waals surface area contributed by atoms with Gasteiger partial charge in [0.2, 0.25) is 0 Å². The molecular formula is C9H12N4. The van der Waals surface area contributed by atoms with Crippen LogP contribution in [0.1, 0.15) is 13.3 Å². The summed E-state index contributed by atoms with van der Waals surface area (Å²) >= 11 is 0. The van der Waals surface area contributed by atoms with Crippen LogP contribution in [-0.4, -0.2) is 11.0 Å². The first-order valence-corrected chi connectivity index (χ1v) is 4.11. The first-order chi connectivity index (χ1) is 6.33. The fourth-order valence-corrected chi connectivity index (χ4v) is 0.830. The molecule has 2 N–H and O–H groups in total. The number of nitriles is 1. The molecule has 1 aromatic rings. The zero-order chi connectivity index (χ0) is 9.52. The third kappa shape index (κ3) is 3.54. The normalized spacial score (nSPS) is 11.7. The molecule has 0 aliphatic heterocycles. The van der Waals surface area contributed by atoms with Crippen molar-refractivity contribution in [3.63, 3.8) is 0 Å². The summed E-state index contributed by atoms with van der Waals surface area (Å²) in [5.41, 5.74) is 6.93. The number of anilines is 1. The van der Waals surface area contributed by atoms with Crippen LogP contribution < -0.4 is 10.9 Å². The minimum atomic E-state index is 0.137. The van der Waals surface area contributed by atoms with Gasteiger partial charge in [0.1, 0.15) is 0 Å². The summed E-state index contributed by atoms with van der Waals surface area (Å²) in [5.74, 6) is 0. The second-order valence-electron chi connectivity index (χ2n) is 2.77. The molecule has 4 nitrogen and oxygen atoms in total. The van der Waals surface area contributed by atoms with Crippen molar-refractivity contribution in [1.29, 1.82) is 5.26 Å². The Morgan fingerprint density at radius 1 is 1.54 bits per heavy atom. The van der Waals surface area contributed by atoms with E-state index in [1.807, 2.05) is 19.1 Å². The van der Waals surface area contributed by atoms with Gasteiger partial charge < -0.3 is 5.43 Å². The van der Waals surface area contributed by atoms with Crippen LogP contribution in [-0.2, 0) is 0 Å². The van der Waals surface area contributed by atoms with E-state index in [2.05, 4.69) is 21.9 Å². The largest absolute Gasteiger partial charge is 0.321 e. The lowest BCUT2D eigenvalue weighted by Crippen LogP contribution is -2.31. The van der Waals surface area contributed by atoms with Gasteiger partial charge in [-0.15, -0.1) is 0 Å². The van der Waals surface area contributed by atoms with Crippen LogP contribution in [0.15, 0.2) is 24.5 Å². The predicted octanol–water partition coefficient (Wildman–Crippen LogP) is 1.30. The summed E-state index contributed by atoms with van der Waals surface area (Å²) in [6.45, 7) is 1.94. The fourth-order valence-electron chi connectivity index (χ4n) is 0.830. The van der Waals surface area contributed by atoms with Gasteiger partial charge in [-0.3, -0.25) is 4.98 Å². The van der Waals surface area contributed by atoms with Gasteiger partial charge in [-0.25, -0.2) is 5.43 Å². The Kier molecular flexibility index (Phi) is 3.74. The standard InChI is InChI=1S/C9H12N4/c1-8(2-5-10)12-13-9-3-6-11-7-4-9/h3-4,6-8,12H,2H2,1H3,(H,11,13). The van der Waals surface area contributed by atoms with Crippen LogP contribution in [0.25, 0.3) is 0 Å². The van der Waals surface area contributed by atoms with Crippen molar-refractivity contribution in [2.45, 2.75) is 19.4 Å². The van der Waals surface area contributed by atoms with Crippen molar-refractivity contribution in [3.8, 4) is 6.07 Å². The average Bonchev–Trinajstić information content (AvgIpc) is 2.17. The predicted molar refractivity (Wildman–Crippen MR) is 50.7 cm³/mol. The van der Waals surface area contributed by atoms with Crippen LogP contribution in [0.4, 0.5) is 5.69 Å². The highest BCUT2D eigenvalue weighted by Gasteiger charge is 1.98. The monoisotopic (exact) mass is 176 g/mol. The number of nitrogens with zero attached hydrogens (tertiary/aromatic N) is 2. The molecule has 1 rings (SSSR count). The lowest BCUT2D eigenvalue weighted by Gasteiger charge is -2.12. The van der Waals surface area contributed by atoms with Crippen LogP contribution in [0.3, 0.4) is 0 Å². The minimum Gasteiger partial charge on any atom is -0.321 e. The topological polar surface area (TPSA) is 60.7 Å². The lowest BCUT2D eigenvalue weighted by molar-refractivity contribution is 0.618. The van der Waals surface area contributed by atoms with Crippen molar-refractivity contribution in [1.82, 2.24) is 10.4 Å². The number of rotatable bonds is 4. The van der Waals surface area contributed by atoms with E-state index in [0.29, 0.717) is 6.42 Å². The Morgan fingerprint density at radius 2 is 2.23 bits per heavy atom. The summed E-state index contributed by atoms with van der Waals surface area (Å²) in [7, 11) is 0. The maximum atomic E-state index is 8.41. The number of nitrogens with one attached hydrogen (secondary N) is 2. The van der Waals surface area contributed by atoms with Gasteiger partial charge in [0.15, 0.2) is 0 Å². The molecule has 1 heterocycles. The van der Waals surface area contributed by atoms with Gasteiger partial charge in [-0.05, 0) is 19.1 Å². The molecule has 1 atom stereocenters. The number of hydrazine groups is 1. The minimum absolute atomic E-state index is 0.137. The van der Waals surface area contributed by atoms with E-state index >= 15 is 0 Å². The third-order valence-corrected chi connectivity index (χ3v) is 1.54. The molecule has 4 heteroatoms. The van der Waals surface area contributed by atoms with E-state index in [4.69, 9.17) is 5.26 Å². The van der Waals surface area contributed by atoms with Crippen LogP contribution in [0, 0.1) is 11.3 Å². The molecule has 0 radical (unpaired) electrons. The maximum absolute atomic E-state index is 8.41. The Labute approximate surface area is 77.6 Å². The molecule has 0 aliphatic rings. The van der Waals surface area contributed by atoms with E-state index in [1.54, 1.807) is 12.4 Å². The molecular weight excluding hydrogens is 164 g/mol. The Balaban J connectivity index is 2.32. The van der Waals surface area contributed by atoms with Gasteiger partial charge >= 0.3 is 0 Å². The van der Waals surface area contributed by atoms with Crippen LogP contribution in [0.5, 0.6) is 0 Å². The first kappa shape index (κ1) is 9.49. The zero-order valence-corrected chi connectivity index (χ0v) is 7.49. The van der Waals surface area contributed by atoms with Crippen LogP contribution >= 0.6 is 0 Å². The van der Waals surface area contributed by atoms with Crippen LogP contribution in [0.2, 0.25) is 0 Å². The highest BCUT2D eigenvalue weighted by Crippen LogP contribution is 2.01. The van der Waals surface area contributed by atoms with E-state index < -0.39 is 0 Å². The van der Waals surface area contributed by atoms with Crippen molar-refractivity contribution >= 4 is 5.69 Å². The molecule has 1 unspecified atom stereocenters. The van der Waals surface area contributed by atoms with Gasteiger partial charge in [0.05, 0.1) is 18.2 Å². The molecule has 0 saturated heterocycles. The number of hydrogen-bond acceptors (Lipinski definition) is 4. The van der Waals surface area contributed by atoms with E-state index in [-0.39, 0.29) is 6.04 Å². The highest BCUT2D eigenvalue weighted by atomic mass is 15.4.